The number of nitrogens with zero attached hydrogens (tertiary/aromatic N) is 2. The number of imide groups is 1. The minimum Gasteiger partial charge on any atom is -0.340 e. The van der Waals surface area contributed by atoms with E-state index >= 15 is 0 Å². The summed E-state index contributed by atoms with van der Waals surface area (Å²) in [5.74, 6) is -0.534. The fourth-order valence-electron chi connectivity index (χ4n) is 3.11. The van der Waals surface area contributed by atoms with E-state index in [1.807, 2.05) is 12.1 Å². The van der Waals surface area contributed by atoms with E-state index in [0.29, 0.717) is 13.1 Å². The van der Waals surface area contributed by atoms with Gasteiger partial charge in [-0.1, -0.05) is 24.3 Å². The summed E-state index contributed by atoms with van der Waals surface area (Å²) in [5, 5.41) is 2.59. The molecular formula is C17H21N3O3. The first kappa shape index (κ1) is 15.5. The molecule has 0 unspecified atom stereocenters. The molecule has 0 atom stereocenters. The van der Waals surface area contributed by atoms with Crippen LogP contribution in [0, 0.1) is 0 Å². The smallest absolute Gasteiger partial charge is 0.325 e. The molecule has 2 aliphatic heterocycles. The van der Waals surface area contributed by atoms with Crippen molar-refractivity contribution in [3.63, 3.8) is 0 Å². The quantitative estimate of drug-likeness (QED) is 0.826. The third kappa shape index (κ3) is 2.93. The van der Waals surface area contributed by atoms with Gasteiger partial charge >= 0.3 is 6.03 Å². The van der Waals surface area contributed by atoms with Crippen molar-refractivity contribution in [1.29, 1.82) is 0 Å². The Hall–Kier alpha value is -2.37. The van der Waals surface area contributed by atoms with Crippen LogP contribution in [0.4, 0.5) is 4.79 Å². The van der Waals surface area contributed by atoms with Gasteiger partial charge in [-0.2, -0.15) is 0 Å². The minimum atomic E-state index is -0.938. The highest BCUT2D eigenvalue weighted by Gasteiger charge is 2.45. The van der Waals surface area contributed by atoms with Gasteiger partial charge in [-0.3, -0.25) is 14.5 Å². The van der Waals surface area contributed by atoms with Crippen LogP contribution in [-0.4, -0.2) is 52.8 Å². The first-order valence-corrected chi connectivity index (χ1v) is 7.87. The van der Waals surface area contributed by atoms with Crippen LogP contribution in [0.2, 0.25) is 0 Å². The number of carbonyl (C=O) groups is 3. The first-order valence-electron chi connectivity index (χ1n) is 7.87. The topological polar surface area (TPSA) is 69.7 Å². The Bertz CT molecular complexity index is 642. The maximum Gasteiger partial charge on any atom is 0.325 e. The Morgan fingerprint density at radius 3 is 2.17 bits per heavy atom. The SMILES string of the molecule is CC1(C)NC(=O)N(CC(=O)N2CCc3ccccc3CC2)C1=O. The lowest BCUT2D eigenvalue weighted by atomic mass is 10.0. The molecule has 0 aliphatic carbocycles. The van der Waals surface area contributed by atoms with E-state index in [1.165, 1.54) is 11.1 Å². The van der Waals surface area contributed by atoms with Gasteiger partial charge in [0.25, 0.3) is 5.91 Å². The third-order valence-corrected chi connectivity index (χ3v) is 4.51. The van der Waals surface area contributed by atoms with Crippen molar-refractivity contribution in [2.75, 3.05) is 19.6 Å². The summed E-state index contributed by atoms with van der Waals surface area (Å²) in [6.07, 6.45) is 1.60. The number of fused-ring (bicyclic) bond motifs is 1. The van der Waals surface area contributed by atoms with Gasteiger partial charge in [0, 0.05) is 13.1 Å². The normalized spacial score (nSPS) is 20.1. The fraction of sp³-hybridized carbons (Fsp3) is 0.471. The summed E-state index contributed by atoms with van der Waals surface area (Å²) < 4.78 is 0. The van der Waals surface area contributed by atoms with Crippen LogP contribution in [0.25, 0.3) is 0 Å². The van der Waals surface area contributed by atoms with Crippen molar-refractivity contribution < 1.29 is 14.4 Å². The Morgan fingerprint density at radius 1 is 1.13 bits per heavy atom. The Kier molecular flexibility index (Phi) is 3.83. The predicted molar refractivity (Wildman–Crippen MR) is 84.8 cm³/mol. The van der Waals surface area contributed by atoms with Crippen molar-refractivity contribution in [1.82, 2.24) is 15.1 Å². The summed E-state index contributed by atoms with van der Waals surface area (Å²) in [6, 6.07) is 7.69. The number of hydrogen-bond acceptors (Lipinski definition) is 3. The van der Waals surface area contributed by atoms with Crippen LogP contribution in [0.5, 0.6) is 0 Å². The second-order valence-electron chi connectivity index (χ2n) is 6.60. The number of amides is 4. The van der Waals surface area contributed by atoms with Crippen molar-refractivity contribution in [3.8, 4) is 0 Å². The number of urea groups is 1. The van der Waals surface area contributed by atoms with Gasteiger partial charge in [-0.05, 0) is 37.8 Å². The molecule has 0 radical (unpaired) electrons. The number of carbonyl (C=O) groups excluding carboxylic acids is 3. The van der Waals surface area contributed by atoms with E-state index in [0.717, 1.165) is 17.7 Å². The molecule has 0 spiro atoms. The molecule has 1 aromatic rings. The van der Waals surface area contributed by atoms with E-state index in [1.54, 1.807) is 18.7 Å². The molecule has 23 heavy (non-hydrogen) atoms. The molecular weight excluding hydrogens is 294 g/mol. The average Bonchev–Trinajstić information content (AvgIpc) is 2.69. The van der Waals surface area contributed by atoms with Gasteiger partial charge in [0.05, 0.1) is 0 Å². The molecule has 0 aromatic heterocycles. The van der Waals surface area contributed by atoms with Crippen LogP contribution in [0.15, 0.2) is 24.3 Å². The summed E-state index contributed by atoms with van der Waals surface area (Å²) in [6.45, 7) is 4.32. The molecule has 1 saturated heterocycles. The highest BCUT2D eigenvalue weighted by molar-refractivity contribution is 6.08. The van der Waals surface area contributed by atoms with Gasteiger partial charge in [-0.25, -0.2) is 4.79 Å². The lowest BCUT2D eigenvalue weighted by Gasteiger charge is -2.23. The van der Waals surface area contributed by atoms with E-state index in [9.17, 15) is 14.4 Å². The minimum absolute atomic E-state index is 0.181. The summed E-state index contributed by atoms with van der Waals surface area (Å²) in [7, 11) is 0. The molecule has 6 nitrogen and oxygen atoms in total. The summed E-state index contributed by atoms with van der Waals surface area (Å²) in [5.41, 5.74) is 1.59. The van der Waals surface area contributed by atoms with Crippen LogP contribution in [0.1, 0.15) is 25.0 Å². The number of hydrogen-bond donors (Lipinski definition) is 1. The summed E-state index contributed by atoms with van der Waals surface area (Å²) in [4.78, 5) is 39.3. The van der Waals surface area contributed by atoms with E-state index < -0.39 is 11.6 Å². The van der Waals surface area contributed by atoms with Gasteiger partial charge in [-0.15, -0.1) is 0 Å². The third-order valence-electron chi connectivity index (χ3n) is 4.51. The Morgan fingerprint density at radius 2 is 1.70 bits per heavy atom. The molecule has 1 aromatic carbocycles. The average molecular weight is 315 g/mol. The molecule has 2 heterocycles. The highest BCUT2D eigenvalue weighted by Crippen LogP contribution is 2.18. The van der Waals surface area contributed by atoms with Crippen molar-refractivity contribution >= 4 is 17.8 Å². The standard InChI is InChI=1S/C17H21N3O3/c1-17(2)15(22)20(16(23)18-17)11-14(21)19-9-7-12-5-3-4-6-13(12)8-10-19/h3-6H,7-11H2,1-2H3,(H,18,23). The molecule has 1 fully saturated rings. The lowest BCUT2D eigenvalue weighted by Crippen LogP contribution is -2.45. The first-order chi connectivity index (χ1) is 10.9. The zero-order valence-electron chi connectivity index (χ0n) is 13.5. The van der Waals surface area contributed by atoms with Gasteiger partial charge in [0.1, 0.15) is 12.1 Å². The lowest BCUT2D eigenvalue weighted by molar-refractivity contribution is -0.138. The predicted octanol–water partition coefficient (Wildman–Crippen LogP) is 0.944. The zero-order valence-corrected chi connectivity index (χ0v) is 13.5. The molecule has 2 aliphatic rings. The second kappa shape index (κ2) is 5.68. The van der Waals surface area contributed by atoms with Gasteiger partial charge in [0.2, 0.25) is 5.91 Å². The molecule has 6 heteroatoms. The van der Waals surface area contributed by atoms with Crippen LogP contribution in [-0.2, 0) is 22.4 Å². The van der Waals surface area contributed by atoms with Crippen molar-refractivity contribution in [2.45, 2.75) is 32.2 Å². The molecule has 0 bridgehead atoms. The maximum absolute atomic E-state index is 12.5. The van der Waals surface area contributed by atoms with Crippen LogP contribution in [0.3, 0.4) is 0 Å². The van der Waals surface area contributed by atoms with Gasteiger partial charge in [0.15, 0.2) is 0 Å². The largest absolute Gasteiger partial charge is 0.340 e. The second-order valence-corrected chi connectivity index (χ2v) is 6.60. The Labute approximate surface area is 135 Å². The van der Waals surface area contributed by atoms with Crippen molar-refractivity contribution in [2.24, 2.45) is 0 Å². The van der Waals surface area contributed by atoms with Crippen LogP contribution < -0.4 is 5.32 Å². The van der Waals surface area contributed by atoms with Crippen LogP contribution >= 0.6 is 0 Å². The zero-order chi connectivity index (χ0) is 16.6. The fourth-order valence-corrected chi connectivity index (χ4v) is 3.11. The van der Waals surface area contributed by atoms with Crippen molar-refractivity contribution in [3.05, 3.63) is 35.4 Å². The van der Waals surface area contributed by atoms with E-state index in [4.69, 9.17) is 0 Å². The molecule has 3 rings (SSSR count). The molecule has 4 amide bonds. The highest BCUT2D eigenvalue weighted by atomic mass is 16.2. The maximum atomic E-state index is 12.5. The Balaban J connectivity index is 1.66. The van der Waals surface area contributed by atoms with E-state index in [2.05, 4.69) is 17.4 Å². The molecule has 122 valence electrons. The molecule has 1 N–H and O–H groups in total. The van der Waals surface area contributed by atoms with E-state index in [-0.39, 0.29) is 18.4 Å². The summed E-state index contributed by atoms with van der Waals surface area (Å²) >= 11 is 0. The monoisotopic (exact) mass is 315 g/mol. The number of benzene rings is 1. The number of nitrogens with one attached hydrogen (secondary N) is 1. The number of rotatable bonds is 2. The molecule has 0 saturated carbocycles. The van der Waals surface area contributed by atoms with Gasteiger partial charge < -0.3 is 10.2 Å².